The van der Waals surface area contributed by atoms with Gasteiger partial charge in [0, 0.05) is 85.0 Å². The van der Waals surface area contributed by atoms with Gasteiger partial charge in [-0.1, -0.05) is 82.6 Å². The van der Waals surface area contributed by atoms with Gasteiger partial charge >= 0.3 is 39.4 Å². The highest BCUT2D eigenvalue weighted by atomic mass is 32.2. The first-order valence-corrected chi connectivity index (χ1v) is 34.1. The highest BCUT2D eigenvalue weighted by Gasteiger charge is 2.46. The van der Waals surface area contributed by atoms with E-state index in [4.69, 9.17) is 23.4 Å². The molecule has 2 unspecified atom stereocenters. The summed E-state index contributed by atoms with van der Waals surface area (Å²) >= 11 is 0.898. The van der Waals surface area contributed by atoms with Gasteiger partial charge in [0.2, 0.25) is 5.69 Å². The van der Waals surface area contributed by atoms with Gasteiger partial charge in [0.15, 0.2) is 5.71 Å². The summed E-state index contributed by atoms with van der Waals surface area (Å²) in [4.78, 5) is 24.5. The van der Waals surface area contributed by atoms with E-state index in [1.54, 1.807) is 30.3 Å². The molecule has 0 spiro atoms. The Balaban J connectivity index is 1.68. The van der Waals surface area contributed by atoms with Gasteiger partial charge < -0.3 is 38.7 Å². The Bertz CT molecular complexity index is 2830. The molecule has 2 heterocycles. The Morgan fingerprint density at radius 2 is 1.21 bits per heavy atom. The molecular weight excluding hydrogens is 1210 g/mol. The molecule has 0 fully saturated rings. The molecule has 0 saturated carbocycles. The largest absolute Gasteiger partial charge is 0.471 e. The zero-order chi connectivity index (χ0) is 63.0. The predicted octanol–water partition coefficient (Wildman–Crippen LogP) is 11.7. The van der Waals surface area contributed by atoms with E-state index in [1.165, 1.54) is 0 Å². The Hall–Kier alpha value is -3.95. The van der Waals surface area contributed by atoms with Gasteiger partial charge in [-0.2, -0.15) is 39.3 Å². The third kappa shape index (κ3) is 22.9. The summed E-state index contributed by atoms with van der Waals surface area (Å²) in [6.07, 6.45) is 7.20. The van der Waals surface area contributed by atoms with Crippen LogP contribution in [0.4, 0.5) is 37.7 Å². The second-order valence-corrected chi connectivity index (χ2v) is 27.8. The standard InChI is InChI=1S/C56H82F6N4O15P2S2/c1-6-7-8-10-18-35-76-82(71,78-37-20-15-30-63-51(68)55(57,58)59)44-27-29-48-46(42-44)54(4,5)50(66(48)33-23-40-85(73,74)75)25-14-12-13-24-49-53(2,3)45-41-43(26-28-47(45)65(49)32-22-39-84-81-80-70)83(72,77-36-19-11-9-17-34-67)79-38-21-16-31-64-52(69)56(60,61)62/h12-14,24-29,41-42,67H,6-11,15-23,30-40H2,1-5H3,(H3-,63,64,68,69,70,73,74,75)/p+1. The van der Waals surface area contributed by atoms with Crippen molar-refractivity contribution in [2.24, 2.45) is 0 Å². The number of nitrogens with zero attached hydrogens (tertiary/aromatic N) is 2. The second kappa shape index (κ2) is 34.7. The zero-order valence-electron chi connectivity index (χ0n) is 48.8. The van der Waals surface area contributed by atoms with Crippen LogP contribution in [-0.4, -0.2) is 129 Å². The number of nitrogens with one attached hydrogen (secondary N) is 2. The summed E-state index contributed by atoms with van der Waals surface area (Å²) in [7, 11) is -12.4. The molecule has 2 atom stereocenters. The molecule has 2 amide bonds. The number of benzene rings is 2. The minimum absolute atomic E-state index is 0.0276. The summed E-state index contributed by atoms with van der Waals surface area (Å²) in [5, 5.41) is 25.8. The molecule has 19 nitrogen and oxygen atoms in total. The van der Waals surface area contributed by atoms with E-state index in [9.17, 15) is 63.1 Å². The number of rotatable bonds is 41. The number of carbonyl (C=O) groups is 2. The van der Waals surface area contributed by atoms with Gasteiger partial charge in [-0.15, -0.1) is 4.33 Å². The van der Waals surface area contributed by atoms with Crippen LogP contribution in [-0.2, 0) is 67.1 Å². The van der Waals surface area contributed by atoms with Gasteiger partial charge in [-0.25, -0.2) is 5.26 Å². The smallest absolute Gasteiger partial charge is 0.396 e. The minimum atomic E-state index is -5.03. The van der Waals surface area contributed by atoms with Crippen molar-refractivity contribution >= 4 is 76.9 Å². The lowest BCUT2D eigenvalue weighted by molar-refractivity contribution is -0.438. The fourth-order valence-electron chi connectivity index (χ4n) is 9.69. The molecule has 0 aliphatic carbocycles. The quantitative estimate of drug-likeness (QED) is 0.00478. The van der Waals surface area contributed by atoms with Crippen LogP contribution in [0.2, 0.25) is 0 Å². The van der Waals surface area contributed by atoms with Gasteiger partial charge in [0.1, 0.15) is 6.54 Å². The number of carbonyl (C=O) groups excluding carboxylic acids is 2. The van der Waals surface area contributed by atoms with Gasteiger partial charge in [0.25, 0.3) is 10.1 Å². The molecule has 2 aliphatic rings. The molecule has 0 saturated heterocycles. The molecule has 85 heavy (non-hydrogen) atoms. The predicted molar refractivity (Wildman–Crippen MR) is 315 cm³/mol. The average molecular weight is 1290 g/mol. The van der Waals surface area contributed by atoms with Crippen molar-refractivity contribution in [3.05, 3.63) is 83.6 Å². The summed E-state index contributed by atoms with van der Waals surface area (Å²) < 4.78 is 170. The van der Waals surface area contributed by atoms with E-state index >= 15 is 0 Å². The number of fused-ring (bicyclic) bond motifs is 2. The molecule has 29 heteroatoms. The van der Waals surface area contributed by atoms with E-state index in [-0.39, 0.29) is 95.4 Å². The van der Waals surface area contributed by atoms with Crippen molar-refractivity contribution in [2.45, 2.75) is 154 Å². The number of hydrogen-bond donors (Lipinski definition) is 5. The molecule has 2 aromatic carbocycles. The fraction of sp³-hybridized carbons (Fsp3) is 0.625. The van der Waals surface area contributed by atoms with Crippen LogP contribution in [0.3, 0.4) is 0 Å². The summed E-state index contributed by atoms with van der Waals surface area (Å²) in [6, 6.07) is 10.3. The average Bonchev–Trinajstić information content (AvgIpc) is 2.40. The number of aliphatic hydroxyl groups is 1. The van der Waals surface area contributed by atoms with Crippen LogP contribution in [0, 0.1) is 0 Å². The molecule has 2 aromatic rings. The number of allylic oxidation sites excluding steroid dienone is 6. The SMILES string of the molecule is CCCCCCCOP(=O)(OCCCCNC(=O)C(F)(F)F)c1ccc2c(c1)C(C)(C)/C(=C/C=C/C=C/C1=[N+](CCCSOOO)c3ccc(P(=O)(OCCCCCCO)OCCCCNC(=O)C(F)(F)F)cc3C1(C)C)N2CCCS(=O)(=O)O. The lowest BCUT2D eigenvalue weighted by atomic mass is 9.81. The van der Waals surface area contributed by atoms with E-state index in [2.05, 4.69) is 20.9 Å². The van der Waals surface area contributed by atoms with Crippen molar-refractivity contribution in [3.63, 3.8) is 0 Å². The van der Waals surface area contributed by atoms with Crippen LogP contribution in [0.1, 0.15) is 142 Å². The van der Waals surface area contributed by atoms with Gasteiger partial charge in [-0.05, 0) is 107 Å². The molecule has 4 rings (SSSR count). The third-order valence-corrected chi connectivity index (χ3v) is 19.5. The molecule has 5 N–H and O–H groups in total. The van der Waals surface area contributed by atoms with Crippen LogP contribution in [0.25, 0.3) is 0 Å². The molecule has 0 radical (unpaired) electrons. The van der Waals surface area contributed by atoms with Gasteiger partial charge in [0.05, 0.1) is 48.2 Å². The highest BCUT2D eigenvalue weighted by Crippen LogP contribution is 2.53. The zero-order valence-corrected chi connectivity index (χ0v) is 52.3. The number of unbranched alkanes of at least 4 members (excludes halogenated alkanes) is 9. The lowest BCUT2D eigenvalue weighted by Gasteiger charge is -2.27. The second-order valence-electron chi connectivity index (χ2n) is 21.4. The van der Waals surface area contributed by atoms with Crippen LogP contribution in [0.5, 0.6) is 0 Å². The Kier molecular flexibility index (Phi) is 30.0. The summed E-state index contributed by atoms with van der Waals surface area (Å²) in [6.45, 7) is 9.89. The highest BCUT2D eigenvalue weighted by molar-refractivity contribution is 7.94. The molecule has 2 aliphatic heterocycles. The summed E-state index contributed by atoms with van der Waals surface area (Å²) in [5.41, 5.74) is 2.93. The first-order valence-electron chi connectivity index (χ1n) is 28.5. The van der Waals surface area contributed by atoms with Crippen LogP contribution >= 0.6 is 27.2 Å². The maximum Gasteiger partial charge on any atom is 0.471 e. The normalized spacial score (nSPS) is 17.0. The van der Waals surface area contributed by atoms with Crippen molar-refractivity contribution in [3.8, 4) is 0 Å². The van der Waals surface area contributed by atoms with Crippen molar-refractivity contribution in [1.82, 2.24) is 10.6 Å². The maximum absolute atomic E-state index is 14.8. The summed E-state index contributed by atoms with van der Waals surface area (Å²) in [5.74, 6) is -4.22. The minimum Gasteiger partial charge on any atom is -0.396 e. The van der Waals surface area contributed by atoms with E-state index < -0.39 is 66.1 Å². The Morgan fingerprint density at radius 3 is 1.73 bits per heavy atom. The molecular formula is C56H83F6N4O15P2S2+. The maximum atomic E-state index is 14.8. The molecule has 0 bridgehead atoms. The first-order chi connectivity index (χ1) is 40.1. The number of amides is 2. The van der Waals surface area contributed by atoms with E-state index in [1.807, 2.05) is 79.7 Å². The van der Waals surface area contributed by atoms with Crippen molar-refractivity contribution in [1.29, 1.82) is 0 Å². The van der Waals surface area contributed by atoms with Crippen molar-refractivity contribution in [2.75, 3.05) is 75.6 Å². The number of alkyl halides is 6. The van der Waals surface area contributed by atoms with Crippen LogP contribution in [0.15, 0.2) is 72.5 Å². The third-order valence-electron chi connectivity index (χ3n) is 14.2. The van der Waals surface area contributed by atoms with Gasteiger partial charge in [-0.3, -0.25) is 23.3 Å². The Labute approximate surface area is 499 Å². The Morgan fingerprint density at radius 1 is 0.694 bits per heavy atom. The lowest BCUT2D eigenvalue weighted by Crippen LogP contribution is -2.37. The number of aliphatic hydroxyl groups excluding tert-OH is 1. The topological polar surface area (TPSA) is 249 Å². The number of halogens is 6. The van der Waals surface area contributed by atoms with E-state index in [0.29, 0.717) is 55.7 Å². The number of anilines is 1. The van der Waals surface area contributed by atoms with E-state index in [0.717, 1.165) is 66.8 Å². The fourth-order valence-corrected chi connectivity index (χ4v) is 13.9. The van der Waals surface area contributed by atoms with Crippen molar-refractivity contribution < 1.29 is 100 Å². The molecule has 480 valence electrons. The van der Waals surface area contributed by atoms with Crippen LogP contribution < -0.4 is 26.1 Å². The number of hydrogen-bond acceptors (Lipinski definition) is 16. The first kappa shape index (κ1) is 73.5. The monoisotopic (exact) mass is 1290 g/mol. The molecule has 0 aromatic heterocycles.